The van der Waals surface area contributed by atoms with Crippen molar-refractivity contribution in [3.05, 3.63) is 11.4 Å². The van der Waals surface area contributed by atoms with Gasteiger partial charge in [0.1, 0.15) is 0 Å². The lowest BCUT2D eigenvalue weighted by Crippen LogP contribution is -2.28. The molecule has 0 amide bonds. The number of hydrogen-bond acceptors (Lipinski definition) is 4. The van der Waals surface area contributed by atoms with Gasteiger partial charge in [0.25, 0.3) is 0 Å². The molecule has 0 spiro atoms. The second kappa shape index (κ2) is 4.66. The normalized spacial score (nSPS) is 16.1. The first-order chi connectivity index (χ1) is 7.98. The van der Waals surface area contributed by atoms with Crippen LogP contribution in [0.15, 0.2) is 0 Å². The molecule has 1 fully saturated rings. The van der Waals surface area contributed by atoms with Crippen molar-refractivity contribution in [1.82, 2.24) is 15.5 Å². The quantitative estimate of drug-likeness (QED) is 0.694. The van der Waals surface area contributed by atoms with Crippen LogP contribution in [-0.4, -0.2) is 37.0 Å². The van der Waals surface area contributed by atoms with E-state index in [4.69, 9.17) is 0 Å². The molecule has 1 saturated carbocycles. The summed E-state index contributed by atoms with van der Waals surface area (Å²) in [7, 11) is -3.29. The van der Waals surface area contributed by atoms with Gasteiger partial charge in [0, 0.05) is 12.6 Å². The number of rotatable bonds is 6. The summed E-state index contributed by atoms with van der Waals surface area (Å²) in [6, 6.07) is 0.530. The summed E-state index contributed by atoms with van der Waals surface area (Å²) in [5, 5.41) is 9.88. The molecule has 1 heterocycles. The summed E-state index contributed by atoms with van der Waals surface area (Å²) in [6.45, 7) is 4.06. The number of H-pyrrole nitrogens is 1. The van der Waals surface area contributed by atoms with Crippen molar-refractivity contribution in [2.75, 3.05) is 17.0 Å². The Hall–Kier alpha value is -1.08. The van der Waals surface area contributed by atoms with Crippen molar-refractivity contribution in [2.45, 2.75) is 32.7 Å². The number of nitrogens with zero attached hydrogens (tertiary/aromatic N) is 1. The largest absolute Gasteiger partial charge is 0.313 e. The summed E-state index contributed by atoms with van der Waals surface area (Å²) in [5.41, 5.74) is 1.97. The van der Waals surface area contributed by atoms with E-state index in [1.807, 2.05) is 0 Å². The maximum Gasteiger partial charge on any atom is 0.234 e. The maximum absolute atomic E-state index is 11.8. The highest BCUT2D eigenvalue weighted by Crippen LogP contribution is 2.19. The molecular weight excluding hydrogens is 240 g/mol. The molecule has 1 aliphatic carbocycles. The van der Waals surface area contributed by atoms with Crippen molar-refractivity contribution >= 4 is 15.7 Å². The van der Waals surface area contributed by atoms with Crippen molar-refractivity contribution in [1.29, 1.82) is 0 Å². The van der Waals surface area contributed by atoms with E-state index >= 15 is 0 Å². The van der Waals surface area contributed by atoms with Gasteiger partial charge in [0.15, 0.2) is 0 Å². The fraction of sp³-hybridized carbons (Fsp3) is 0.700. The fourth-order valence-electron chi connectivity index (χ4n) is 1.59. The van der Waals surface area contributed by atoms with Crippen LogP contribution >= 0.6 is 0 Å². The van der Waals surface area contributed by atoms with Gasteiger partial charge in [-0.2, -0.15) is 5.10 Å². The molecule has 0 radical (unpaired) electrons. The molecule has 1 aliphatic rings. The number of aromatic nitrogens is 2. The van der Waals surface area contributed by atoms with Crippen LogP contribution < -0.4 is 10.0 Å². The molecule has 0 aromatic carbocycles. The van der Waals surface area contributed by atoms with Crippen LogP contribution in [0.25, 0.3) is 0 Å². The Balaban J connectivity index is 1.91. The van der Waals surface area contributed by atoms with Crippen LogP contribution in [0.5, 0.6) is 0 Å². The first-order valence-corrected chi connectivity index (χ1v) is 7.38. The first-order valence-electron chi connectivity index (χ1n) is 5.73. The molecule has 3 N–H and O–H groups in total. The molecule has 0 saturated heterocycles. The smallest absolute Gasteiger partial charge is 0.234 e. The molecule has 0 unspecified atom stereocenters. The van der Waals surface area contributed by atoms with Gasteiger partial charge in [-0.1, -0.05) is 0 Å². The van der Waals surface area contributed by atoms with E-state index in [2.05, 4.69) is 20.2 Å². The van der Waals surface area contributed by atoms with Crippen LogP contribution in [0.4, 0.5) is 5.69 Å². The Morgan fingerprint density at radius 3 is 2.65 bits per heavy atom. The van der Waals surface area contributed by atoms with Crippen molar-refractivity contribution < 1.29 is 8.42 Å². The lowest BCUT2D eigenvalue weighted by atomic mass is 10.3. The highest BCUT2D eigenvalue weighted by molar-refractivity contribution is 7.92. The molecule has 1 aromatic heterocycles. The second-order valence-electron chi connectivity index (χ2n) is 4.46. The van der Waals surface area contributed by atoms with Gasteiger partial charge in [-0.25, -0.2) is 8.42 Å². The van der Waals surface area contributed by atoms with Crippen LogP contribution in [0, 0.1) is 13.8 Å². The number of anilines is 1. The zero-order valence-corrected chi connectivity index (χ0v) is 10.9. The van der Waals surface area contributed by atoms with Gasteiger partial charge in [0.05, 0.1) is 22.8 Å². The van der Waals surface area contributed by atoms with Crippen LogP contribution in [0.2, 0.25) is 0 Å². The molecule has 0 bridgehead atoms. The number of nitrogens with one attached hydrogen (secondary N) is 3. The zero-order chi connectivity index (χ0) is 12.5. The molecule has 0 atom stereocenters. The monoisotopic (exact) mass is 258 g/mol. The van der Waals surface area contributed by atoms with E-state index in [9.17, 15) is 8.42 Å². The van der Waals surface area contributed by atoms with E-state index < -0.39 is 10.0 Å². The third-order valence-corrected chi connectivity index (χ3v) is 4.02. The first kappa shape index (κ1) is 12.4. The maximum atomic E-state index is 11.8. The Kier molecular flexibility index (Phi) is 3.39. The van der Waals surface area contributed by atoms with Crippen molar-refractivity contribution in [3.63, 3.8) is 0 Å². The van der Waals surface area contributed by atoms with Crippen LogP contribution in [-0.2, 0) is 10.0 Å². The Morgan fingerprint density at radius 2 is 2.12 bits per heavy atom. The summed E-state index contributed by atoms with van der Waals surface area (Å²) >= 11 is 0. The summed E-state index contributed by atoms with van der Waals surface area (Å²) in [6.07, 6.45) is 2.32. The predicted molar refractivity (Wildman–Crippen MR) is 66.5 cm³/mol. The lowest BCUT2D eigenvalue weighted by Gasteiger charge is -2.08. The van der Waals surface area contributed by atoms with Crippen LogP contribution in [0.1, 0.15) is 24.2 Å². The average Bonchev–Trinajstić information content (AvgIpc) is 3.01. The molecule has 1 aromatic rings. The SMILES string of the molecule is Cc1n[nH]c(C)c1NS(=O)(=O)CCNC1CC1. The lowest BCUT2D eigenvalue weighted by molar-refractivity contribution is 0.595. The third-order valence-electron chi connectivity index (χ3n) is 2.77. The molecule has 7 heteroatoms. The predicted octanol–water partition coefficient (Wildman–Crippen LogP) is 0.520. The van der Waals surface area contributed by atoms with E-state index in [0.717, 1.165) is 18.5 Å². The number of aromatic amines is 1. The number of hydrogen-bond donors (Lipinski definition) is 3. The van der Waals surface area contributed by atoms with Gasteiger partial charge < -0.3 is 5.32 Å². The minimum Gasteiger partial charge on any atom is -0.313 e. The van der Waals surface area contributed by atoms with E-state index in [-0.39, 0.29) is 5.75 Å². The Morgan fingerprint density at radius 1 is 1.41 bits per heavy atom. The molecule has 6 nitrogen and oxygen atoms in total. The molecule has 96 valence electrons. The van der Waals surface area contributed by atoms with Gasteiger partial charge in [-0.3, -0.25) is 9.82 Å². The summed E-state index contributed by atoms with van der Waals surface area (Å²) in [5.74, 6) is 0.0908. The van der Waals surface area contributed by atoms with Gasteiger partial charge in [-0.05, 0) is 26.7 Å². The van der Waals surface area contributed by atoms with Crippen molar-refractivity contribution in [3.8, 4) is 0 Å². The molecular formula is C10H18N4O2S. The third kappa shape index (κ3) is 3.44. The number of sulfonamides is 1. The highest BCUT2D eigenvalue weighted by Gasteiger charge is 2.21. The summed E-state index contributed by atoms with van der Waals surface area (Å²) in [4.78, 5) is 0. The van der Waals surface area contributed by atoms with E-state index in [0.29, 0.717) is 24.0 Å². The molecule has 0 aliphatic heterocycles. The molecule has 2 rings (SSSR count). The zero-order valence-electron chi connectivity index (χ0n) is 10.1. The van der Waals surface area contributed by atoms with Gasteiger partial charge in [-0.15, -0.1) is 0 Å². The summed E-state index contributed by atoms with van der Waals surface area (Å²) < 4.78 is 26.2. The topological polar surface area (TPSA) is 86.9 Å². The minimum atomic E-state index is -3.29. The number of aryl methyl sites for hydroxylation is 2. The van der Waals surface area contributed by atoms with Crippen LogP contribution in [0.3, 0.4) is 0 Å². The Bertz CT molecular complexity index is 471. The van der Waals surface area contributed by atoms with Gasteiger partial charge in [0.2, 0.25) is 10.0 Å². The Labute approximate surface area is 101 Å². The average molecular weight is 258 g/mol. The standard InChI is InChI=1S/C10H18N4O2S/c1-7-10(8(2)13-12-7)14-17(15,16)6-5-11-9-3-4-9/h9,11,14H,3-6H2,1-2H3,(H,12,13). The fourth-order valence-corrected chi connectivity index (χ4v) is 2.69. The minimum absolute atomic E-state index is 0.0908. The second-order valence-corrected chi connectivity index (χ2v) is 6.30. The van der Waals surface area contributed by atoms with E-state index in [1.165, 1.54) is 0 Å². The highest BCUT2D eigenvalue weighted by atomic mass is 32.2. The molecule has 17 heavy (non-hydrogen) atoms. The van der Waals surface area contributed by atoms with Crippen molar-refractivity contribution in [2.24, 2.45) is 0 Å². The van der Waals surface area contributed by atoms with E-state index in [1.54, 1.807) is 13.8 Å². The van der Waals surface area contributed by atoms with Gasteiger partial charge >= 0.3 is 0 Å².